The first-order valence-corrected chi connectivity index (χ1v) is 7.82. The summed E-state index contributed by atoms with van der Waals surface area (Å²) in [5, 5.41) is 11.9. The van der Waals surface area contributed by atoms with Crippen molar-refractivity contribution in [3.05, 3.63) is 34.9 Å². The van der Waals surface area contributed by atoms with Crippen molar-refractivity contribution in [1.82, 2.24) is 15.1 Å². The van der Waals surface area contributed by atoms with Crippen molar-refractivity contribution in [3.63, 3.8) is 0 Å². The highest BCUT2D eigenvalue weighted by Crippen LogP contribution is 2.32. The monoisotopic (exact) mass is 345 g/mol. The zero-order valence-electron chi connectivity index (χ0n) is 13.6. The highest BCUT2D eigenvalue weighted by atomic mass is 19.4. The second-order valence-corrected chi connectivity index (χ2v) is 6.00. The van der Waals surface area contributed by atoms with E-state index in [4.69, 9.17) is 5.11 Å². The lowest BCUT2D eigenvalue weighted by Crippen LogP contribution is -2.46. The summed E-state index contributed by atoms with van der Waals surface area (Å²) in [7, 11) is 2.06. The Labute approximate surface area is 139 Å². The number of carboxylic acid groups (broad SMARTS) is 1. The summed E-state index contributed by atoms with van der Waals surface area (Å²) in [6, 6.07) is 3.13. The second kappa shape index (κ2) is 7.96. The largest absolute Gasteiger partial charge is 0.478 e. The van der Waals surface area contributed by atoms with Crippen LogP contribution < -0.4 is 5.32 Å². The minimum absolute atomic E-state index is 0.0580. The van der Waals surface area contributed by atoms with Crippen LogP contribution in [0.25, 0.3) is 0 Å². The fourth-order valence-corrected chi connectivity index (χ4v) is 2.66. The third kappa shape index (κ3) is 5.19. The van der Waals surface area contributed by atoms with Gasteiger partial charge < -0.3 is 15.3 Å². The van der Waals surface area contributed by atoms with Crippen LogP contribution >= 0.6 is 0 Å². The number of nitrogens with zero attached hydrogens (tertiary/aromatic N) is 2. The van der Waals surface area contributed by atoms with Crippen LogP contribution in [0.4, 0.5) is 13.2 Å². The molecule has 0 saturated carbocycles. The molecule has 0 radical (unpaired) electrons. The molecule has 134 valence electrons. The van der Waals surface area contributed by atoms with Gasteiger partial charge in [0.25, 0.3) is 0 Å². The summed E-state index contributed by atoms with van der Waals surface area (Å²) >= 11 is 0. The maximum absolute atomic E-state index is 13.1. The predicted octanol–water partition coefficient (Wildman–Crippen LogP) is 1.74. The quantitative estimate of drug-likeness (QED) is 0.770. The number of likely N-dealkylation sites (N-methyl/N-ethyl adjacent to an activating group) is 1. The molecular formula is C16H22F3N3O2. The Hall–Kier alpha value is -1.64. The zero-order valence-corrected chi connectivity index (χ0v) is 13.6. The number of nitrogens with one attached hydrogen (secondary N) is 1. The fraction of sp³-hybridized carbons (Fsp3) is 0.562. The molecule has 2 N–H and O–H groups in total. The van der Waals surface area contributed by atoms with E-state index in [1.807, 2.05) is 0 Å². The average Bonchev–Trinajstić information content (AvgIpc) is 2.52. The number of hydrogen-bond donors (Lipinski definition) is 2. The van der Waals surface area contributed by atoms with Gasteiger partial charge in [-0.2, -0.15) is 13.2 Å². The third-order valence-corrected chi connectivity index (χ3v) is 4.18. The number of piperazine rings is 1. The number of carboxylic acids is 1. The lowest BCUT2D eigenvalue weighted by Gasteiger charge is -2.32. The molecule has 1 fully saturated rings. The van der Waals surface area contributed by atoms with E-state index >= 15 is 0 Å². The lowest BCUT2D eigenvalue weighted by molar-refractivity contribution is -0.138. The molecule has 1 aromatic rings. The van der Waals surface area contributed by atoms with Crippen LogP contribution in [0, 0.1) is 0 Å². The highest BCUT2D eigenvalue weighted by molar-refractivity contribution is 5.88. The van der Waals surface area contributed by atoms with Crippen molar-refractivity contribution in [1.29, 1.82) is 0 Å². The average molecular weight is 345 g/mol. The van der Waals surface area contributed by atoms with E-state index in [1.54, 1.807) is 0 Å². The molecule has 0 unspecified atom stereocenters. The van der Waals surface area contributed by atoms with Gasteiger partial charge in [-0.25, -0.2) is 4.79 Å². The molecule has 0 amide bonds. The maximum atomic E-state index is 13.1. The van der Waals surface area contributed by atoms with E-state index < -0.39 is 17.7 Å². The summed E-state index contributed by atoms with van der Waals surface area (Å²) in [5.74, 6) is -1.37. The van der Waals surface area contributed by atoms with E-state index in [0.717, 1.165) is 32.7 Å². The molecule has 1 saturated heterocycles. The van der Waals surface area contributed by atoms with Gasteiger partial charge in [0.15, 0.2) is 0 Å². The van der Waals surface area contributed by atoms with Gasteiger partial charge in [0.1, 0.15) is 0 Å². The smallest absolute Gasteiger partial charge is 0.416 e. The summed E-state index contributed by atoms with van der Waals surface area (Å²) in [6.45, 7) is 5.33. The van der Waals surface area contributed by atoms with Gasteiger partial charge in [0.05, 0.1) is 11.1 Å². The first kappa shape index (κ1) is 18.7. The zero-order chi connectivity index (χ0) is 17.7. The number of rotatable bonds is 6. The minimum Gasteiger partial charge on any atom is -0.478 e. The molecular weight excluding hydrogens is 323 g/mol. The summed E-state index contributed by atoms with van der Waals surface area (Å²) in [6.07, 6.45) is -4.57. The van der Waals surface area contributed by atoms with Gasteiger partial charge in [-0.05, 0) is 24.7 Å². The van der Waals surface area contributed by atoms with Crippen molar-refractivity contribution in [3.8, 4) is 0 Å². The molecule has 2 rings (SSSR count). The topological polar surface area (TPSA) is 55.8 Å². The predicted molar refractivity (Wildman–Crippen MR) is 84.0 cm³/mol. The summed E-state index contributed by atoms with van der Waals surface area (Å²) < 4.78 is 39.3. The van der Waals surface area contributed by atoms with Gasteiger partial charge in [-0.15, -0.1) is 0 Å². The van der Waals surface area contributed by atoms with Crippen LogP contribution in [-0.4, -0.2) is 67.2 Å². The van der Waals surface area contributed by atoms with Crippen molar-refractivity contribution < 1.29 is 23.1 Å². The first-order valence-electron chi connectivity index (χ1n) is 7.82. The Morgan fingerprint density at radius 1 is 1.25 bits per heavy atom. The Morgan fingerprint density at radius 2 is 1.92 bits per heavy atom. The Kier molecular flexibility index (Phi) is 6.20. The van der Waals surface area contributed by atoms with Crippen LogP contribution in [0.15, 0.2) is 18.2 Å². The van der Waals surface area contributed by atoms with Crippen LogP contribution in [0.2, 0.25) is 0 Å². The van der Waals surface area contributed by atoms with E-state index in [-0.39, 0.29) is 17.7 Å². The molecule has 1 aliphatic rings. The van der Waals surface area contributed by atoms with E-state index in [9.17, 15) is 18.0 Å². The van der Waals surface area contributed by atoms with E-state index in [2.05, 4.69) is 22.2 Å². The number of hydrogen-bond acceptors (Lipinski definition) is 4. The minimum atomic E-state index is -4.57. The van der Waals surface area contributed by atoms with Crippen LogP contribution in [-0.2, 0) is 12.7 Å². The molecule has 1 heterocycles. The van der Waals surface area contributed by atoms with E-state index in [0.29, 0.717) is 12.6 Å². The first-order chi connectivity index (χ1) is 11.3. The van der Waals surface area contributed by atoms with Gasteiger partial charge in [-0.3, -0.25) is 4.90 Å². The fourth-order valence-electron chi connectivity index (χ4n) is 2.66. The van der Waals surface area contributed by atoms with Gasteiger partial charge in [-0.1, -0.05) is 6.07 Å². The number of benzene rings is 1. The molecule has 5 nitrogen and oxygen atoms in total. The normalized spacial score (nSPS) is 17.2. The van der Waals surface area contributed by atoms with Gasteiger partial charge in [0, 0.05) is 45.8 Å². The second-order valence-electron chi connectivity index (χ2n) is 6.00. The number of aromatic carboxylic acids is 1. The molecule has 1 aliphatic heterocycles. The molecule has 1 aromatic carbocycles. The maximum Gasteiger partial charge on any atom is 0.416 e. The number of alkyl halides is 3. The van der Waals surface area contributed by atoms with Crippen molar-refractivity contribution >= 4 is 5.97 Å². The third-order valence-electron chi connectivity index (χ3n) is 4.18. The highest BCUT2D eigenvalue weighted by Gasteiger charge is 2.33. The standard InChI is InChI=1S/C16H22F3N3O2/c1-21-6-8-22(9-7-21)5-4-20-11-13-3-2-12(15(23)24)10-14(13)16(17,18)19/h2-3,10,20H,4-9,11H2,1H3,(H,23,24). The van der Waals surface area contributed by atoms with Crippen molar-refractivity contribution in [2.75, 3.05) is 46.3 Å². The SMILES string of the molecule is CN1CCN(CCNCc2ccc(C(=O)O)cc2C(F)(F)F)CC1. The molecule has 0 bridgehead atoms. The van der Waals surface area contributed by atoms with Gasteiger partial charge in [0.2, 0.25) is 0 Å². The summed E-state index contributed by atoms with van der Waals surface area (Å²) in [5.41, 5.74) is -1.19. The molecule has 0 aliphatic carbocycles. The number of halogens is 3. The molecule has 0 aromatic heterocycles. The van der Waals surface area contributed by atoms with Crippen LogP contribution in [0.1, 0.15) is 21.5 Å². The van der Waals surface area contributed by atoms with E-state index in [1.165, 1.54) is 12.1 Å². The van der Waals surface area contributed by atoms with Crippen LogP contribution in [0.3, 0.4) is 0 Å². The van der Waals surface area contributed by atoms with Crippen molar-refractivity contribution in [2.24, 2.45) is 0 Å². The Morgan fingerprint density at radius 3 is 2.50 bits per heavy atom. The molecule has 0 spiro atoms. The Balaban J connectivity index is 1.91. The van der Waals surface area contributed by atoms with Crippen molar-refractivity contribution in [2.45, 2.75) is 12.7 Å². The molecule has 8 heteroatoms. The van der Waals surface area contributed by atoms with Crippen LogP contribution in [0.5, 0.6) is 0 Å². The molecule has 24 heavy (non-hydrogen) atoms. The lowest BCUT2D eigenvalue weighted by atomic mass is 10.0. The summed E-state index contributed by atoms with van der Waals surface area (Å²) in [4.78, 5) is 15.4. The molecule has 0 atom stereocenters. The number of carbonyl (C=O) groups is 1. The Bertz CT molecular complexity index is 570. The van der Waals surface area contributed by atoms with Gasteiger partial charge >= 0.3 is 12.1 Å².